The lowest BCUT2D eigenvalue weighted by Crippen LogP contribution is -2.44. The van der Waals surface area contributed by atoms with E-state index in [0.29, 0.717) is 6.54 Å². The maximum absolute atomic E-state index is 11.9. The van der Waals surface area contributed by atoms with E-state index < -0.39 is 6.04 Å². The first-order chi connectivity index (χ1) is 9.11. The molecule has 0 aliphatic heterocycles. The largest absolute Gasteiger partial charge is 0.348 e. The molecule has 6 heteroatoms. The summed E-state index contributed by atoms with van der Waals surface area (Å²) in [6.45, 7) is 4.38. The second-order valence-electron chi connectivity index (χ2n) is 4.83. The fourth-order valence-electron chi connectivity index (χ4n) is 1.89. The van der Waals surface area contributed by atoms with Crippen molar-refractivity contribution in [1.29, 1.82) is 0 Å². The number of para-hydroxylation sites is 2. The van der Waals surface area contributed by atoms with Gasteiger partial charge in [0, 0.05) is 0 Å². The second kappa shape index (κ2) is 7.26. The molecule has 0 aliphatic rings. The number of fused-ring (bicyclic) bond motifs is 1. The topological polar surface area (TPSA) is 83.8 Å². The van der Waals surface area contributed by atoms with Gasteiger partial charge in [-0.15, -0.1) is 12.4 Å². The van der Waals surface area contributed by atoms with Gasteiger partial charge >= 0.3 is 0 Å². The Kier molecular flexibility index (Phi) is 5.98. The average Bonchev–Trinajstić information content (AvgIpc) is 2.85. The number of aromatic nitrogens is 2. The van der Waals surface area contributed by atoms with E-state index in [1.54, 1.807) is 0 Å². The molecule has 0 saturated heterocycles. The number of hydrogen-bond acceptors (Lipinski definition) is 3. The Morgan fingerprint density at radius 3 is 2.80 bits per heavy atom. The third-order valence-electron chi connectivity index (χ3n) is 3.43. The second-order valence-corrected chi connectivity index (χ2v) is 4.83. The molecule has 0 radical (unpaired) electrons. The van der Waals surface area contributed by atoms with Crippen LogP contribution in [0.5, 0.6) is 0 Å². The van der Waals surface area contributed by atoms with E-state index in [4.69, 9.17) is 5.73 Å². The number of carbonyl (C=O) groups excluding carboxylic acids is 1. The Morgan fingerprint density at radius 1 is 1.45 bits per heavy atom. The average molecular weight is 297 g/mol. The number of nitrogens with one attached hydrogen (secondary N) is 2. The molecule has 0 spiro atoms. The number of halogens is 1. The van der Waals surface area contributed by atoms with Gasteiger partial charge in [-0.25, -0.2) is 4.98 Å². The molecule has 0 fully saturated rings. The van der Waals surface area contributed by atoms with Gasteiger partial charge in [0.15, 0.2) is 0 Å². The van der Waals surface area contributed by atoms with Gasteiger partial charge in [-0.1, -0.05) is 32.4 Å². The minimum Gasteiger partial charge on any atom is -0.348 e. The molecule has 0 saturated carbocycles. The summed E-state index contributed by atoms with van der Waals surface area (Å²) in [5, 5.41) is 2.82. The van der Waals surface area contributed by atoms with Crippen LogP contribution in [0.3, 0.4) is 0 Å². The molecular formula is C14H21ClN4O. The number of nitrogens with zero attached hydrogens (tertiary/aromatic N) is 1. The van der Waals surface area contributed by atoms with E-state index in [2.05, 4.69) is 15.3 Å². The fourth-order valence-corrected chi connectivity index (χ4v) is 1.89. The molecule has 5 nitrogen and oxygen atoms in total. The fraction of sp³-hybridized carbons (Fsp3) is 0.429. The van der Waals surface area contributed by atoms with Crippen molar-refractivity contribution in [3.8, 4) is 0 Å². The number of aromatic amines is 1. The van der Waals surface area contributed by atoms with Crippen molar-refractivity contribution in [2.75, 3.05) is 0 Å². The molecule has 1 heterocycles. The maximum atomic E-state index is 11.9. The van der Waals surface area contributed by atoms with Gasteiger partial charge in [-0.05, 0) is 18.1 Å². The Morgan fingerprint density at radius 2 is 2.15 bits per heavy atom. The zero-order chi connectivity index (χ0) is 13.8. The summed E-state index contributed by atoms with van der Waals surface area (Å²) in [5.74, 6) is 0.788. The van der Waals surface area contributed by atoms with E-state index >= 15 is 0 Å². The highest BCUT2D eigenvalue weighted by atomic mass is 35.5. The summed E-state index contributed by atoms with van der Waals surface area (Å²) in [7, 11) is 0. The summed E-state index contributed by atoms with van der Waals surface area (Å²) in [4.78, 5) is 19.4. The van der Waals surface area contributed by atoms with Crippen molar-refractivity contribution in [2.24, 2.45) is 11.7 Å². The third-order valence-corrected chi connectivity index (χ3v) is 3.43. The van der Waals surface area contributed by atoms with Crippen LogP contribution in [0.4, 0.5) is 0 Å². The van der Waals surface area contributed by atoms with Gasteiger partial charge in [-0.3, -0.25) is 4.79 Å². The van der Waals surface area contributed by atoms with Crippen molar-refractivity contribution in [1.82, 2.24) is 15.3 Å². The highest BCUT2D eigenvalue weighted by molar-refractivity contribution is 5.85. The first-order valence-corrected chi connectivity index (χ1v) is 6.58. The summed E-state index contributed by atoms with van der Waals surface area (Å²) < 4.78 is 0. The van der Waals surface area contributed by atoms with Gasteiger partial charge in [0.05, 0.1) is 23.6 Å². The number of H-pyrrole nitrogens is 1. The van der Waals surface area contributed by atoms with Crippen molar-refractivity contribution in [3.05, 3.63) is 30.1 Å². The van der Waals surface area contributed by atoms with Crippen LogP contribution in [-0.2, 0) is 11.3 Å². The molecule has 2 aromatic rings. The molecule has 2 rings (SSSR count). The number of amides is 1. The van der Waals surface area contributed by atoms with Gasteiger partial charge in [0.2, 0.25) is 5.91 Å². The van der Waals surface area contributed by atoms with Crippen molar-refractivity contribution in [2.45, 2.75) is 32.9 Å². The van der Waals surface area contributed by atoms with Crippen molar-refractivity contribution < 1.29 is 4.79 Å². The van der Waals surface area contributed by atoms with Crippen LogP contribution < -0.4 is 11.1 Å². The van der Waals surface area contributed by atoms with Crippen LogP contribution in [-0.4, -0.2) is 21.9 Å². The van der Waals surface area contributed by atoms with E-state index in [9.17, 15) is 4.79 Å². The highest BCUT2D eigenvalue weighted by Gasteiger charge is 2.19. The van der Waals surface area contributed by atoms with Crippen molar-refractivity contribution in [3.63, 3.8) is 0 Å². The molecule has 110 valence electrons. The lowest BCUT2D eigenvalue weighted by atomic mass is 9.99. The van der Waals surface area contributed by atoms with E-state index in [-0.39, 0.29) is 24.2 Å². The number of hydrogen-bond donors (Lipinski definition) is 3. The van der Waals surface area contributed by atoms with Gasteiger partial charge < -0.3 is 16.0 Å². The Labute approximate surface area is 124 Å². The monoisotopic (exact) mass is 296 g/mol. The number of rotatable bonds is 5. The number of imidazole rings is 1. The van der Waals surface area contributed by atoms with Gasteiger partial charge in [0.25, 0.3) is 0 Å². The summed E-state index contributed by atoms with van der Waals surface area (Å²) in [5.41, 5.74) is 7.74. The first kappa shape index (κ1) is 16.5. The number of nitrogens with two attached hydrogens (primary N) is 1. The zero-order valence-electron chi connectivity index (χ0n) is 11.7. The molecule has 20 heavy (non-hydrogen) atoms. The van der Waals surface area contributed by atoms with Crippen LogP contribution in [0.2, 0.25) is 0 Å². The smallest absolute Gasteiger partial charge is 0.237 e. The molecule has 4 N–H and O–H groups in total. The summed E-state index contributed by atoms with van der Waals surface area (Å²) in [6, 6.07) is 7.31. The van der Waals surface area contributed by atoms with Crippen LogP contribution in [0.15, 0.2) is 24.3 Å². The molecule has 2 unspecified atom stereocenters. The lowest BCUT2D eigenvalue weighted by molar-refractivity contribution is -0.123. The SMILES string of the molecule is CCC(C)C(N)C(=O)NCc1nc2ccccc2[nH]1.Cl. The molecule has 1 aromatic carbocycles. The van der Waals surface area contributed by atoms with Gasteiger partial charge in [0.1, 0.15) is 5.82 Å². The quantitative estimate of drug-likeness (QED) is 0.789. The minimum absolute atomic E-state index is 0. The highest BCUT2D eigenvalue weighted by Crippen LogP contribution is 2.10. The molecule has 2 atom stereocenters. The zero-order valence-corrected chi connectivity index (χ0v) is 12.5. The number of benzene rings is 1. The summed E-state index contributed by atoms with van der Waals surface area (Å²) in [6.07, 6.45) is 0.888. The molecular weight excluding hydrogens is 276 g/mol. The van der Waals surface area contributed by atoms with Crippen molar-refractivity contribution >= 4 is 29.3 Å². The molecule has 1 aromatic heterocycles. The lowest BCUT2D eigenvalue weighted by Gasteiger charge is -2.17. The van der Waals surface area contributed by atoms with E-state index in [1.807, 2.05) is 38.1 Å². The van der Waals surface area contributed by atoms with E-state index in [1.165, 1.54) is 0 Å². The Balaban J connectivity index is 0.00000200. The summed E-state index contributed by atoms with van der Waals surface area (Å²) >= 11 is 0. The number of carbonyl (C=O) groups is 1. The maximum Gasteiger partial charge on any atom is 0.237 e. The van der Waals surface area contributed by atoms with Gasteiger partial charge in [-0.2, -0.15) is 0 Å². The van der Waals surface area contributed by atoms with Crippen LogP contribution in [0.1, 0.15) is 26.1 Å². The predicted octanol–water partition coefficient (Wildman–Crippen LogP) is 1.97. The van der Waals surface area contributed by atoms with E-state index in [0.717, 1.165) is 23.3 Å². The van der Waals surface area contributed by atoms with Crippen LogP contribution in [0, 0.1) is 5.92 Å². The Hall–Kier alpha value is -1.59. The molecule has 1 amide bonds. The third kappa shape index (κ3) is 3.71. The standard InChI is InChI=1S/C14H20N4O.ClH/c1-3-9(2)13(15)14(19)16-8-12-17-10-6-4-5-7-11(10)18-12;/h4-7,9,13H,3,8,15H2,1-2H3,(H,16,19)(H,17,18);1H. The Bertz CT molecular complexity index is 536. The predicted molar refractivity (Wildman–Crippen MR) is 82.6 cm³/mol. The van der Waals surface area contributed by atoms with Crippen LogP contribution >= 0.6 is 12.4 Å². The molecule has 0 aliphatic carbocycles. The minimum atomic E-state index is -0.464. The molecule has 0 bridgehead atoms. The van der Waals surface area contributed by atoms with Crippen LogP contribution in [0.25, 0.3) is 11.0 Å². The normalized spacial score (nSPS) is 13.6. The first-order valence-electron chi connectivity index (χ1n) is 6.58.